The maximum absolute atomic E-state index is 7.55. The van der Waals surface area contributed by atoms with Crippen molar-refractivity contribution in [3.63, 3.8) is 0 Å². The van der Waals surface area contributed by atoms with Crippen LogP contribution in [0.5, 0.6) is 5.75 Å². The monoisotopic (exact) mass is 277 g/mol. The Kier molecular flexibility index (Phi) is 3.51. The average Bonchev–Trinajstić information content (AvgIpc) is 2.53. The van der Waals surface area contributed by atoms with Crippen LogP contribution in [0.4, 0.5) is 0 Å². The van der Waals surface area contributed by atoms with Gasteiger partial charge in [0.2, 0.25) is 0 Å². The lowest BCUT2D eigenvalue weighted by atomic mass is 10.1. The van der Waals surface area contributed by atoms with E-state index in [9.17, 15) is 0 Å². The number of rotatable bonds is 4. The predicted molar refractivity (Wildman–Crippen MR) is 83.5 cm³/mol. The van der Waals surface area contributed by atoms with Crippen molar-refractivity contribution in [3.8, 4) is 5.75 Å². The number of pyridine rings is 1. The molecule has 0 aliphatic heterocycles. The summed E-state index contributed by atoms with van der Waals surface area (Å²) in [6, 6.07) is 17.7. The highest BCUT2D eigenvalue weighted by atomic mass is 16.5. The molecule has 3 aromatic rings. The van der Waals surface area contributed by atoms with Crippen LogP contribution in [-0.2, 0) is 6.61 Å². The van der Waals surface area contributed by atoms with Crippen molar-refractivity contribution in [1.82, 2.24) is 4.98 Å². The quantitative estimate of drug-likeness (QED) is 0.568. The Morgan fingerprint density at radius 3 is 2.71 bits per heavy atom. The molecule has 0 aliphatic rings. The zero-order valence-electron chi connectivity index (χ0n) is 11.4. The summed E-state index contributed by atoms with van der Waals surface area (Å²) >= 11 is 0. The molecule has 0 amide bonds. The van der Waals surface area contributed by atoms with Gasteiger partial charge in [-0.15, -0.1) is 0 Å². The smallest absolute Gasteiger partial charge is 0.142 e. The van der Waals surface area contributed by atoms with Crippen LogP contribution in [0.1, 0.15) is 11.3 Å². The van der Waals surface area contributed by atoms with Gasteiger partial charge >= 0.3 is 0 Å². The number of ether oxygens (including phenoxy) is 1. The van der Waals surface area contributed by atoms with Gasteiger partial charge in [-0.05, 0) is 17.5 Å². The summed E-state index contributed by atoms with van der Waals surface area (Å²) in [6.07, 6.45) is 1.62. The second-order valence-corrected chi connectivity index (χ2v) is 4.69. The first-order chi connectivity index (χ1) is 10.3. The van der Waals surface area contributed by atoms with Crippen LogP contribution < -0.4 is 10.5 Å². The maximum Gasteiger partial charge on any atom is 0.142 e. The number of aromatic nitrogens is 1. The molecule has 2 aromatic carbocycles. The molecule has 4 heteroatoms. The summed E-state index contributed by atoms with van der Waals surface area (Å²) in [5.41, 5.74) is 6.81. The van der Waals surface area contributed by atoms with Gasteiger partial charge in [-0.3, -0.25) is 10.4 Å². The van der Waals surface area contributed by atoms with Crippen molar-refractivity contribution in [1.29, 1.82) is 5.41 Å². The summed E-state index contributed by atoms with van der Waals surface area (Å²) in [5.74, 6) is 0.763. The molecule has 0 radical (unpaired) electrons. The van der Waals surface area contributed by atoms with Crippen molar-refractivity contribution in [2.45, 2.75) is 6.61 Å². The minimum Gasteiger partial charge on any atom is -0.488 e. The summed E-state index contributed by atoms with van der Waals surface area (Å²) in [5, 5.41) is 9.75. The van der Waals surface area contributed by atoms with Crippen molar-refractivity contribution < 1.29 is 4.74 Å². The van der Waals surface area contributed by atoms with E-state index in [1.165, 1.54) is 0 Å². The van der Waals surface area contributed by atoms with Crippen LogP contribution in [0, 0.1) is 5.41 Å². The number of nitrogens with two attached hydrogens (primary N) is 1. The third-order valence-corrected chi connectivity index (χ3v) is 3.28. The molecule has 0 atom stereocenters. The number of nitrogen functional groups attached to an aromatic ring is 1. The van der Waals surface area contributed by atoms with Gasteiger partial charge in [-0.25, -0.2) is 0 Å². The summed E-state index contributed by atoms with van der Waals surface area (Å²) < 4.78 is 5.90. The standard InChI is InChI=1S/C17H15N3O/c18-17(19)16-13(7-4-10-20-16)11-21-15-9-3-6-12-5-1-2-8-14(12)15/h1-10H,11H2,(H3,18,19). The van der Waals surface area contributed by atoms with Crippen molar-refractivity contribution in [3.05, 3.63) is 72.1 Å². The van der Waals surface area contributed by atoms with Crippen LogP contribution in [0.2, 0.25) is 0 Å². The molecular weight excluding hydrogens is 262 g/mol. The lowest BCUT2D eigenvalue weighted by molar-refractivity contribution is 0.309. The first-order valence-electron chi connectivity index (χ1n) is 6.64. The second-order valence-electron chi connectivity index (χ2n) is 4.69. The molecule has 21 heavy (non-hydrogen) atoms. The molecule has 1 heterocycles. The van der Waals surface area contributed by atoms with Crippen LogP contribution >= 0.6 is 0 Å². The third kappa shape index (κ3) is 2.69. The summed E-state index contributed by atoms with van der Waals surface area (Å²) in [6.45, 7) is 0.330. The molecule has 0 aliphatic carbocycles. The number of fused-ring (bicyclic) bond motifs is 1. The van der Waals surface area contributed by atoms with E-state index >= 15 is 0 Å². The number of amidine groups is 1. The van der Waals surface area contributed by atoms with Crippen molar-refractivity contribution in [2.24, 2.45) is 5.73 Å². The van der Waals surface area contributed by atoms with E-state index in [1.807, 2.05) is 54.6 Å². The minimum absolute atomic E-state index is 0.0490. The zero-order valence-corrected chi connectivity index (χ0v) is 11.4. The van der Waals surface area contributed by atoms with Gasteiger partial charge in [0.05, 0.1) is 0 Å². The number of benzene rings is 2. The highest BCUT2D eigenvalue weighted by molar-refractivity contribution is 5.94. The van der Waals surface area contributed by atoms with E-state index in [0.29, 0.717) is 12.3 Å². The topological polar surface area (TPSA) is 72.0 Å². The SMILES string of the molecule is N=C(N)c1ncccc1COc1cccc2ccccc12. The molecule has 0 spiro atoms. The zero-order chi connectivity index (χ0) is 14.7. The van der Waals surface area contributed by atoms with Crippen LogP contribution in [0.3, 0.4) is 0 Å². The lowest BCUT2D eigenvalue weighted by Crippen LogP contribution is -2.16. The Bertz CT molecular complexity index is 793. The molecule has 1 aromatic heterocycles. The molecule has 0 unspecified atom stereocenters. The van der Waals surface area contributed by atoms with E-state index in [1.54, 1.807) is 6.20 Å². The van der Waals surface area contributed by atoms with E-state index in [2.05, 4.69) is 4.98 Å². The lowest BCUT2D eigenvalue weighted by Gasteiger charge is -2.11. The summed E-state index contributed by atoms with van der Waals surface area (Å²) in [7, 11) is 0. The third-order valence-electron chi connectivity index (χ3n) is 3.28. The fraction of sp³-hybridized carbons (Fsp3) is 0.0588. The van der Waals surface area contributed by atoms with Gasteiger partial charge in [0, 0.05) is 17.1 Å². The van der Waals surface area contributed by atoms with E-state index in [4.69, 9.17) is 15.9 Å². The fourth-order valence-corrected chi connectivity index (χ4v) is 2.27. The van der Waals surface area contributed by atoms with Gasteiger partial charge in [0.15, 0.2) is 0 Å². The van der Waals surface area contributed by atoms with E-state index < -0.39 is 0 Å². The van der Waals surface area contributed by atoms with Gasteiger partial charge in [-0.2, -0.15) is 0 Å². The molecule has 0 saturated carbocycles. The van der Waals surface area contributed by atoms with Crippen LogP contribution in [0.15, 0.2) is 60.8 Å². The molecule has 0 bridgehead atoms. The average molecular weight is 277 g/mol. The number of hydrogen-bond donors (Lipinski definition) is 2. The van der Waals surface area contributed by atoms with E-state index in [0.717, 1.165) is 22.1 Å². The molecule has 4 nitrogen and oxygen atoms in total. The Morgan fingerprint density at radius 2 is 1.86 bits per heavy atom. The van der Waals surface area contributed by atoms with Crippen LogP contribution in [0.25, 0.3) is 10.8 Å². The van der Waals surface area contributed by atoms with Crippen molar-refractivity contribution >= 4 is 16.6 Å². The molecule has 3 rings (SSSR count). The van der Waals surface area contributed by atoms with Gasteiger partial charge in [0.25, 0.3) is 0 Å². The minimum atomic E-state index is -0.0490. The van der Waals surface area contributed by atoms with Gasteiger partial charge < -0.3 is 10.5 Å². The number of nitrogens with zero attached hydrogens (tertiary/aromatic N) is 1. The second kappa shape index (κ2) is 5.63. The Balaban J connectivity index is 1.89. The van der Waals surface area contributed by atoms with Crippen LogP contribution in [-0.4, -0.2) is 10.8 Å². The molecular formula is C17H15N3O. The Morgan fingerprint density at radius 1 is 1.05 bits per heavy atom. The number of nitrogens with one attached hydrogen (secondary N) is 1. The highest BCUT2D eigenvalue weighted by Crippen LogP contribution is 2.26. The maximum atomic E-state index is 7.55. The first kappa shape index (κ1) is 13.1. The van der Waals surface area contributed by atoms with Gasteiger partial charge in [0.1, 0.15) is 23.9 Å². The fourth-order valence-electron chi connectivity index (χ4n) is 2.27. The Labute approximate surface area is 122 Å². The highest BCUT2D eigenvalue weighted by Gasteiger charge is 2.08. The largest absolute Gasteiger partial charge is 0.488 e. The summed E-state index contributed by atoms with van der Waals surface area (Å²) in [4.78, 5) is 4.12. The number of hydrogen-bond acceptors (Lipinski definition) is 3. The first-order valence-corrected chi connectivity index (χ1v) is 6.64. The van der Waals surface area contributed by atoms with Gasteiger partial charge in [-0.1, -0.05) is 42.5 Å². The molecule has 0 fully saturated rings. The Hall–Kier alpha value is -2.88. The molecule has 3 N–H and O–H groups in total. The van der Waals surface area contributed by atoms with E-state index in [-0.39, 0.29) is 5.84 Å². The normalized spacial score (nSPS) is 10.5. The van der Waals surface area contributed by atoms with Crippen molar-refractivity contribution in [2.75, 3.05) is 0 Å². The predicted octanol–water partition coefficient (Wildman–Crippen LogP) is 3.10. The molecule has 104 valence electrons. The molecule has 0 saturated heterocycles.